The number of alkyl halides is 3. The number of halogens is 3. The van der Waals surface area contributed by atoms with Crippen molar-refractivity contribution >= 4 is 0 Å². The maximum atomic E-state index is 11.4. The third kappa shape index (κ3) is 2.45. The maximum Gasteiger partial charge on any atom is 0.287 e. The zero-order valence-corrected chi connectivity index (χ0v) is 3.63. The summed E-state index contributed by atoms with van der Waals surface area (Å²) in [7, 11) is 0. The van der Waals surface area contributed by atoms with Crippen LogP contribution in [0.3, 0.4) is 0 Å². The number of hydrogen-bond donors (Lipinski definition) is 1. The minimum Gasteiger partial charge on any atom is -0.325 e. The van der Waals surface area contributed by atoms with Crippen molar-refractivity contribution in [3.63, 3.8) is 0 Å². The molecule has 0 fully saturated rings. The molecule has 0 unspecified atom stereocenters. The van der Waals surface area contributed by atoms with E-state index in [-0.39, 0.29) is 0 Å². The fourth-order valence-corrected chi connectivity index (χ4v) is 0.0546. The number of rotatable bonds is 2. The van der Waals surface area contributed by atoms with Crippen LogP contribution >= 0.6 is 0 Å². The molecule has 0 bridgehead atoms. The van der Waals surface area contributed by atoms with Gasteiger partial charge in [-0.15, -0.1) is 0 Å². The Morgan fingerprint density at radius 3 is 1.86 bits per heavy atom. The van der Waals surface area contributed by atoms with Crippen LogP contribution in [0, 0.1) is 0 Å². The van der Waals surface area contributed by atoms with Gasteiger partial charge >= 0.3 is 0 Å². The molecule has 2 N–H and O–H groups in total. The van der Waals surface area contributed by atoms with Crippen LogP contribution in [-0.2, 0) is 0 Å². The minimum atomic E-state index is -3.31. The van der Waals surface area contributed by atoms with Gasteiger partial charge in [0, 0.05) is 0 Å². The second-order valence-corrected chi connectivity index (χ2v) is 1.19. The predicted molar refractivity (Wildman–Crippen MR) is 20.0 cm³/mol. The fourth-order valence-electron chi connectivity index (χ4n) is 0.0546. The molecule has 0 atom stereocenters. The third-order valence-electron chi connectivity index (χ3n) is 0.494. The standard InChI is InChI=1S/C3H6F3N/c4-1-3(5,6)2-7/h1-2,7H2. The lowest BCUT2D eigenvalue weighted by atomic mass is 10.4. The van der Waals surface area contributed by atoms with Crippen molar-refractivity contribution in [2.45, 2.75) is 5.92 Å². The summed E-state index contributed by atoms with van der Waals surface area (Å²) in [5, 5.41) is 0. The SMILES string of the molecule is NCC(F)(F)CF. The van der Waals surface area contributed by atoms with Crippen LogP contribution in [-0.4, -0.2) is 19.1 Å². The van der Waals surface area contributed by atoms with Gasteiger partial charge in [0.1, 0.15) is 0 Å². The van der Waals surface area contributed by atoms with Gasteiger partial charge in [0.15, 0.2) is 6.67 Å². The van der Waals surface area contributed by atoms with Crippen LogP contribution in [0.25, 0.3) is 0 Å². The van der Waals surface area contributed by atoms with Crippen molar-refractivity contribution in [1.82, 2.24) is 0 Å². The van der Waals surface area contributed by atoms with E-state index in [1.54, 1.807) is 0 Å². The largest absolute Gasteiger partial charge is 0.325 e. The molecule has 0 aliphatic heterocycles. The Morgan fingerprint density at radius 1 is 1.43 bits per heavy atom. The molecule has 44 valence electrons. The van der Waals surface area contributed by atoms with Crippen molar-refractivity contribution in [3.8, 4) is 0 Å². The fraction of sp³-hybridized carbons (Fsp3) is 1.00. The lowest BCUT2D eigenvalue weighted by molar-refractivity contribution is -0.0129. The topological polar surface area (TPSA) is 26.0 Å². The molecule has 0 amide bonds. The van der Waals surface area contributed by atoms with Crippen LogP contribution < -0.4 is 5.73 Å². The molecule has 7 heavy (non-hydrogen) atoms. The Balaban J connectivity index is 3.36. The Labute approximate surface area is 39.3 Å². The molecular formula is C3H6F3N. The van der Waals surface area contributed by atoms with Crippen LogP contribution in [0.2, 0.25) is 0 Å². The second-order valence-electron chi connectivity index (χ2n) is 1.19. The van der Waals surface area contributed by atoms with Crippen molar-refractivity contribution in [1.29, 1.82) is 0 Å². The molecule has 0 aliphatic carbocycles. The molecule has 0 aromatic carbocycles. The first-order valence-electron chi connectivity index (χ1n) is 1.76. The van der Waals surface area contributed by atoms with Crippen LogP contribution in [0.4, 0.5) is 13.2 Å². The quantitative estimate of drug-likeness (QED) is 0.556. The molecule has 0 heterocycles. The lowest BCUT2D eigenvalue weighted by Gasteiger charge is -2.05. The summed E-state index contributed by atoms with van der Waals surface area (Å²) in [6.45, 7) is -2.58. The van der Waals surface area contributed by atoms with Gasteiger partial charge in [-0.2, -0.15) is 0 Å². The van der Waals surface area contributed by atoms with Crippen molar-refractivity contribution in [2.24, 2.45) is 5.73 Å². The first-order valence-corrected chi connectivity index (χ1v) is 1.76. The van der Waals surface area contributed by atoms with E-state index < -0.39 is 19.1 Å². The van der Waals surface area contributed by atoms with E-state index in [0.29, 0.717) is 0 Å². The van der Waals surface area contributed by atoms with E-state index in [4.69, 9.17) is 0 Å². The molecule has 1 nitrogen and oxygen atoms in total. The van der Waals surface area contributed by atoms with E-state index in [1.165, 1.54) is 0 Å². The first kappa shape index (κ1) is 6.75. The molecular weight excluding hydrogens is 107 g/mol. The molecule has 0 saturated carbocycles. The van der Waals surface area contributed by atoms with Crippen molar-refractivity contribution in [3.05, 3.63) is 0 Å². The lowest BCUT2D eigenvalue weighted by Crippen LogP contribution is -2.29. The summed E-state index contributed by atoms with van der Waals surface area (Å²) in [6, 6.07) is 0. The van der Waals surface area contributed by atoms with E-state index in [9.17, 15) is 13.2 Å². The molecule has 0 spiro atoms. The first-order chi connectivity index (χ1) is 3.12. The molecule has 4 heteroatoms. The van der Waals surface area contributed by atoms with E-state index >= 15 is 0 Å². The highest BCUT2D eigenvalue weighted by Crippen LogP contribution is 2.09. The van der Waals surface area contributed by atoms with Crippen LogP contribution in [0.1, 0.15) is 0 Å². The Morgan fingerprint density at radius 2 is 1.86 bits per heavy atom. The number of hydrogen-bond acceptors (Lipinski definition) is 1. The molecule has 0 radical (unpaired) electrons. The minimum absolute atomic E-state index is 0.913. The molecule has 0 rings (SSSR count). The predicted octanol–water partition coefficient (Wildman–Crippen LogP) is 0.550. The van der Waals surface area contributed by atoms with Gasteiger partial charge in [-0.05, 0) is 0 Å². The summed E-state index contributed by atoms with van der Waals surface area (Å²) in [6.07, 6.45) is 0. The summed E-state index contributed by atoms with van der Waals surface area (Å²) >= 11 is 0. The smallest absolute Gasteiger partial charge is 0.287 e. The van der Waals surface area contributed by atoms with E-state index in [1.807, 2.05) is 0 Å². The van der Waals surface area contributed by atoms with Crippen molar-refractivity contribution in [2.75, 3.05) is 13.2 Å². The summed E-state index contributed by atoms with van der Waals surface area (Å²) in [4.78, 5) is 0. The molecule has 0 aliphatic rings. The normalized spacial score (nSPS) is 12.0. The van der Waals surface area contributed by atoms with E-state index in [0.717, 1.165) is 0 Å². The van der Waals surface area contributed by atoms with Gasteiger partial charge in [0.2, 0.25) is 0 Å². The van der Waals surface area contributed by atoms with Crippen molar-refractivity contribution < 1.29 is 13.2 Å². The van der Waals surface area contributed by atoms with Crippen LogP contribution in [0.5, 0.6) is 0 Å². The highest BCUT2D eigenvalue weighted by molar-refractivity contribution is 4.62. The molecule has 0 aromatic rings. The highest BCUT2D eigenvalue weighted by atomic mass is 19.3. The molecule has 0 saturated heterocycles. The van der Waals surface area contributed by atoms with E-state index in [2.05, 4.69) is 5.73 Å². The van der Waals surface area contributed by atoms with Gasteiger partial charge in [0.05, 0.1) is 6.54 Å². The maximum absolute atomic E-state index is 11.4. The second kappa shape index (κ2) is 2.16. The van der Waals surface area contributed by atoms with Gasteiger partial charge < -0.3 is 5.73 Å². The Hall–Kier alpha value is -0.250. The monoisotopic (exact) mass is 113 g/mol. The molecule has 0 aromatic heterocycles. The zero-order chi connectivity index (χ0) is 5.91. The summed E-state index contributed by atoms with van der Waals surface area (Å²) in [5.74, 6) is -3.31. The summed E-state index contributed by atoms with van der Waals surface area (Å²) in [5.41, 5.74) is 4.43. The zero-order valence-electron chi connectivity index (χ0n) is 3.63. The number of nitrogens with two attached hydrogens (primary N) is 1. The van der Waals surface area contributed by atoms with Gasteiger partial charge in [-0.3, -0.25) is 0 Å². The average molecular weight is 113 g/mol. The average Bonchev–Trinajstić information content (AvgIpc) is 1.68. The summed E-state index contributed by atoms with van der Waals surface area (Å²) < 4.78 is 33.7. The Kier molecular flexibility index (Phi) is 2.08. The highest BCUT2D eigenvalue weighted by Gasteiger charge is 2.25. The van der Waals surface area contributed by atoms with Crippen LogP contribution in [0.15, 0.2) is 0 Å². The Bertz CT molecular complexity index is 48.1. The third-order valence-corrected chi connectivity index (χ3v) is 0.494. The van der Waals surface area contributed by atoms with Gasteiger partial charge in [-0.1, -0.05) is 0 Å². The van der Waals surface area contributed by atoms with Gasteiger partial charge in [0.25, 0.3) is 5.92 Å². The van der Waals surface area contributed by atoms with Gasteiger partial charge in [-0.25, -0.2) is 13.2 Å².